The topological polar surface area (TPSA) is 21.1 Å². The van der Waals surface area contributed by atoms with Crippen LogP contribution in [0.2, 0.25) is 0 Å². The van der Waals surface area contributed by atoms with E-state index in [9.17, 15) is 0 Å². The van der Waals surface area contributed by atoms with E-state index >= 15 is 0 Å². The van der Waals surface area contributed by atoms with Gasteiger partial charge in [0.15, 0.2) is 0 Å². The van der Waals surface area contributed by atoms with Gasteiger partial charge in [-0.25, -0.2) is 4.98 Å². The van der Waals surface area contributed by atoms with Crippen LogP contribution in [0.15, 0.2) is 12.4 Å². The lowest BCUT2D eigenvalue weighted by atomic mass is 10.1. The molecular formula is C10H17N3. The number of hydrogen-bond acceptors (Lipinski definition) is 2. The molecule has 3 heteroatoms. The van der Waals surface area contributed by atoms with Crippen molar-refractivity contribution in [2.24, 2.45) is 0 Å². The Morgan fingerprint density at radius 2 is 2.08 bits per heavy atom. The lowest BCUT2D eigenvalue weighted by molar-refractivity contribution is 0.219. The average molecular weight is 179 g/mol. The lowest BCUT2D eigenvalue weighted by Gasteiger charge is -2.30. The molecule has 1 aromatic heterocycles. The standard InChI is InChI=1S/C10H17N3/c1-9-11-5-8-13(9)10-3-6-12(2)7-4-10/h5,8,10H,3-4,6-7H2,1-2H3. The van der Waals surface area contributed by atoms with Gasteiger partial charge in [0.1, 0.15) is 5.82 Å². The summed E-state index contributed by atoms with van der Waals surface area (Å²) in [6.45, 7) is 4.50. The van der Waals surface area contributed by atoms with Gasteiger partial charge in [0.25, 0.3) is 0 Å². The van der Waals surface area contributed by atoms with E-state index in [4.69, 9.17) is 0 Å². The van der Waals surface area contributed by atoms with Gasteiger partial charge in [0.2, 0.25) is 0 Å². The van der Waals surface area contributed by atoms with Crippen molar-refractivity contribution in [1.29, 1.82) is 0 Å². The van der Waals surface area contributed by atoms with Crippen LogP contribution < -0.4 is 0 Å². The summed E-state index contributed by atoms with van der Waals surface area (Å²) < 4.78 is 2.31. The van der Waals surface area contributed by atoms with Gasteiger partial charge in [-0.3, -0.25) is 0 Å². The highest BCUT2D eigenvalue weighted by Crippen LogP contribution is 2.22. The highest BCUT2D eigenvalue weighted by atomic mass is 15.1. The van der Waals surface area contributed by atoms with E-state index in [1.807, 2.05) is 6.20 Å². The van der Waals surface area contributed by atoms with Gasteiger partial charge in [-0.2, -0.15) is 0 Å². The maximum atomic E-state index is 4.26. The quantitative estimate of drug-likeness (QED) is 0.650. The molecular weight excluding hydrogens is 162 g/mol. The number of imidazole rings is 1. The Morgan fingerprint density at radius 3 is 2.62 bits per heavy atom. The Kier molecular flexibility index (Phi) is 2.36. The molecule has 0 saturated carbocycles. The number of aromatic nitrogens is 2. The molecule has 1 aliphatic rings. The molecule has 0 N–H and O–H groups in total. The van der Waals surface area contributed by atoms with E-state index in [2.05, 4.69) is 34.6 Å². The van der Waals surface area contributed by atoms with E-state index in [1.165, 1.54) is 25.9 Å². The van der Waals surface area contributed by atoms with Gasteiger partial charge >= 0.3 is 0 Å². The smallest absolute Gasteiger partial charge is 0.105 e. The maximum Gasteiger partial charge on any atom is 0.105 e. The van der Waals surface area contributed by atoms with Crippen LogP contribution in [0, 0.1) is 6.92 Å². The number of rotatable bonds is 1. The molecule has 2 heterocycles. The van der Waals surface area contributed by atoms with Crippen molar-refractivity contribution in [2.45, 2.75) is 25.8 Å². The summed E-state index contributed by atoms with van der Waals surface area (Å²) in [5.74, 6) is 1.15. The zero-order valence-corrected chi connectivity index (χ0v) is 8.40. The van der Waals surface area contributed by atoms with Crippen LogP contribution >= 0.6 is 0 Å². The van der Waals surface area contributed by atoms with E-state index in [-0.39, 0.29) is 0 Å². The molecule has 3 nitrogen and oxygen atoms in total. The normalized spacial score (nSPS) is 20.8. The Bertz CT molecular complexity index is 271. The summed E-state index contributed by atoms with van der Waals surface area (Å²) >= 11 is 0. The fraction of sp³-hybridized carbons (Fsp3) is 0.700. The number of likely N-dealkylation sites (tertiary alicyclic amines) is 1. The first kappa shape index (κ1) is 8.75. The highest BCUT2D eigenvalue weighted by molar-refractivity contribution is 4.93. The zero-order valence-electron chi connectivity index (χ0n) is 8.40. The molecule has 0 aromatic carbocycles. The predicted molar refractivity (Wildman–Crippen MR) is 52.7 cm³/mol. The molecule has 1 aromatic rings. The van der Waals surface area contributed by atoms with Crippen LogP contribution in [0.1, 0.15) is 24.7 Å². The van der Waals surface area contributed by atoms with E-state index in [0.717, 1.165) is 5.82 Å². The molecule has 1 aliphatic heterocycles. The van der Waals surface area contributed by atoms with Crippen LogP contribution in [0.25, 0.3) is 0 Å². The minimum absolute atomic E-state index is 0.679. The zero-order chi connectivity index (χ0) is 9.26. The molecule has 13 heavy (non-hydrogen) atoms. The number of piperidine rings is 1. The number of hydrogen-bond donors (Lipinski definition) is 0. The molecule has 1 fully saturated rings. The van der Waals surface area contributed by atoms with Crippen molar-refractivity contribution in [3.05, 3.63) is 18.2 Å². The minimum Gasteiger partial charge on any atom is -0.332 e. The second-order valence-electron chi connectivity index (χ2n) is 3.92. The molecule has 2 rings (SSSR count). The lowest BCUT2D eigenvalue weighted by Crippen LogP contribution is -2.31. The molecule has 72 valence electrons. The van der Waals surface area contributed by atoms with Gasteiger partial charge in [0.05, 0.1) is 0 Å². The second-order valence-corrected chi connectivity index (χ2v) is 3.92. The van der Waals surface area contributed by atoms with E-state index in [1.54, 1.807) is 0 Å². The first-order chi connectivity index (χ1) is 6.27. The van der Waals surface area contributed by atoms with Gasteiger partial charge in [0, 0.05) is 18.4 Å². The van der Waals surface area contributed by atoms with Crippen molar-refractivity contribution >= 4 is 0 Å². The number of nitrogens with zero attached hydrogens (tertiary/aromatic N) is 3. The van der Waals surface area contributed by atoms with E-state index in [0.29, 0.717) is 6.04 Å². The molecule has 0 amide bonds. The van der Waals surface area contributed by atoms with Gasteiger partial charge in [-0.05, 0) is 39.9 Å². The Balaban J connectivity index is 2.06. The van der Waals surface area contributed by atoms with Crippen LogP contribution in [0.3, 0.4) is 0 Å². The molecule has 0 atom stereocenters. The predicted octanol–water partition coefficient (Wildman–Crippen LogP) is 1.46. The van der Waals surface area contributed by atoms with Crippen molar-refractivity contribution in [3.63, 3.8) is 0 Å². The molecule has 0 bridgehead atoms. The summed E-state index contributed by atoms with van der Waals surface area (Å²) in [6.07, 6.45) is 6.51. The van der Waals surface area contributed by atoms with Crippen molar-refractivity contribution in [1.82, 2.24) is 14.5 Å². The molecule has 1 saturated heterocycles. The maximum absolute atomic E-state index is 4.26. The Morgan fingerprint density at radius 1 is 1.38 bits per heavy atom. The Hall–Kier alpha value is -0.830. The second kappa shape index (κ2) is 3.50. The first-order valence-electron chi connectivity index (χ1n) is 4.95. The molecule has 0 unspecified atom stereocenters. The van der Waals surface area contributed by atoms with Crippen LogP contribution in [0.4, 0.5) is 0 Å². The van der Waals surface area contributed by atoms with Crippen molar-refractivity contribution in [2.75, 3.05) is 20.1 Å². The molecule has 0 radical (unpaired) electrons. The summed E-state index contributed by atoms with van der Waals surface area (Å²) in [6, 6.07) is 0.679. The minimum atomic E-state index is 0.679. The third-order valence-corrected chi connectivity index (χ3v) is 2.94. The summed E-state index contributed by atoms with van der Waals surface area (Å²) in [7, 11) is 2.19. The monoisotopic (exact) mass is 179 g/mol. The number of aryl methyl sites for hydroxylation is 1. The average Bonchev–Trinajstić information content (AvgIpc) is 2.53. The SMILES string of the molecule is Cc1nccn1C1CCN(C)CC1. The fourth-order valence-electron chi connectivity index (χ4n) is 2.05. The third-order valence-electron chi connectivity index (χ3n) is 2.94. The highest BCUT2D eigenvalue weighted by Gasteiger charge is 2.18. The summed E-state index contributed by atoms with van der Waals surface area (Å²) in [5.41, 5.74) is 0. The molecule has 0 spiro atoms. The molecule has 0 aliphatic carbocycles. The summed E-state index contributed by atoms with van der Waals surface area (Å²) in [5, 5.41) is 0. The van der Waals surface area contributed by atoms with Crippen LogP contribution in [-0.4, -0.2) is 34.6 Å². The van der Waals surface area contributed by atoms with Gasteiger partial charge in [-0.1, -0.05) is 0 Å². The van der Waals surface area contributed by atoms with Gasteiger partial charge < -0.3 is 9.47 Å². The van der Waals surface area contributed by atoms with E-state index < -0.39 is 0 Å². The Labute approximate surface area is 79.4 Å². The van der Waals surface area contributed by atoms with Crippen molar-refractivity contribution < 1.29 is 0 Å². The van der Waals surface area contributed by atoms with Crippen molar-refractivity contribution in [3.8, 4) is 0 Å². The van der Waals surface area contributed by atoms with Crippen LogP contribution in [-0.2, 0) is 0 Å². The van der Waals surface area contributed by atoms with Gasteiger partial charge in [-0.15, -0.1) is 0 Å². The summed E-state index contributed by atoms with van der Waals surface area (Å²) in [4.78, 5) is 6.65. The largest absolute Gasteiger partial charge is 0.332 e. The first-order valence-corrected chi connectivity index (χ1v) is 4.95. The fourth-order valence-corrected chi connectivity index (χ4v) is 2.05. The third kappa shape index (κ3) is 1.75. The van der Waals surface area contributed by atoms with Crippen LogP contribution in [0.5, 0.6) is 0 Å².